The molecule has 0 bridgehead atoms. The number of carbonyl (C=O) groups excluding carboxylic acids is 1. The van der Waals surface area contributed by atoms with Gasteiger partial charge in [0.05, 0.1) is 5.52 Å². The van der Waals surface area contributed by atoms with E-state index in [4.69, 9.17) is 11.5 Å². The Balaban J connectivity index is 2.20. The molecule has 7 heteroatoms. The first-order valence-electron chi connectivity index (χ1n) is 6.49. The van der Waals surface area contributed by atoms with E-state index >= 15 is 0 Å². The molecule has 0 fully saturated rings. The van der Waals surface area contributed by atoms with Crippen LogP contribution in [0.1, 0.15) is 0 Å². The Bertz CT molecular complexity index is 889. The number of aromatic nitrogens is 2. The number of benzene rings is 2. The van der Waals surface area contributed by atoms with Crippen LogP contribution in [-0.2, 0) is 11.3 Å². The summed E-state index contributed by atoms with van der Waals surface area (Å²) in [5.74, 6) is -1.42. The summed E-state index contributed by atoms with van der Waals surface area (Å²) in [6, 6.07) is 9.35. The Hall–Kier alpha value is -3.09. The van der Waals surface area contributed by atoms with Gasteiger partial charge in [-0.05, 0) is 23.8 Å². The number of aromatic hydroxyl groups is 1. The number of carbonyl (C=O) groups is 1. The van der Waals surface area contributed by atoms with Crippen LogP contribution in [0.5, 0.6) is 5.75 Å². The van der Waals surface area contributed by atoms with E-state index < -0.39 is 17.5 Å². The molecule has 112 valence electrons. The van der Waals surface area contributed by atoms with Crippen molar-refractivity contribution in [3.63, 3.8) is 0 Å². The number of para-hydroxylation sites is 1. The average molecular weight is 300 g/mol. The molecule has 6 nitrogen and oxygen atoms in total. The lowest BCUT2D eigenvalue weighted by Gasteiger charge is -2.07. The van der Waals surface area contributed by atoms with E-state index in [1.807, 2.05) is 0 Å². The summed E-state index contributed by atoms with van der Waals surface area (Å²) >= 11 is 0. The zero-order chi connectivity index (χ0) is 15.9. The van der Waals surface area contributed by atoms with Gasteiger partial charge in [0.15, 0.2) is 17.4 Å². The molecular formula is C15H13FN4O2. The fourth-order valence-corrected chi connectivity index (χ4v) is 2.38. The Labute approximate surface area is 124 Å². The molecular weight excluding hydrogens is 287 g/mol. The third kappa shape index (κ3) is 2.22. The molecule has 1 aromatic heterocycles. The Morgan fingerprint density at radius 1 is 1.32 bits per heavy atom. The largest absolute Gasteiger partial charge is 0.504 e. The molecule has 0 radical (unpaired) electrons. The Kier molecular flexibility index (Phi) is 3.17. The molecule has 3 rings (SSSR count). The normalized spacial score (nSPS) is 11.0. The molecule has 2 aromatic carbocycles. The van der Waals surface area contributed by atoms with E-state index in [1.54, 1.807) is 24.3 Å². The lowest BCUT2D eigenvalue weighted by atomic mass is 10.0. The Morgan fingerprint density at radius 2 is 2.09 bits per heavy atom. The Morgan fingerprint density at radius 3 is 2.82 bits per heavy atom. The summed E-state index contributed by atoms with van der Waals surface area (Å²) in [6.45, 7) is -0.119. The molecule has 0 aliphatic heterocycles. The van der Waals surface area contributed by atoms with E-state index in [0.717, 1.165) is 0 Å². The summed E-state index contributed by atoms with van der Waals surface area (Å²) in [6.07, 6.45) is 0. The minimum Gasteiger partial charge on any atom is -0.504 e. The topological polar surface area (TPSA) is 107 Å². The maximum atomic E-state index is 13.5. The number of anilines is 1. The maximum absolute atomic E-state index is 13.5. The summed E-state index contributed by atoms with van der Waals surface area (Å²) in [7, 11) is 0. The molecule has 0 atom stereocenters. The number of nitrogens with two attached hydrogens (primary N) is 2. The van der Waals surface area contributed by atoms with E-state index in [-0.39, 0.29) is 12.4 Å². The van der Waals surface area contributed by atoms with Gasteiger partial charge in [0, 0.05) is 10.9 Å². The van der Waals surface area contributed by atoms with Crippen molar-refractivity contribution in [1.82, 2.24) is 9.78 Å². The summed E-state index contributed by atoms with van der Waals surface area (Å²) in [5.41, 5.74) is 12.5. The third-order valence-electron chi connectivity index (χ3n) is 3.38. The second-order valence-electron chi connectivity index (χ2n) is 4.88. The monoisotopic (exact) mass is 300 g/mol. The number of nitrogen functional groups attached to an aromatic ring is 1. The van der Waals surface area contributed by atoms with Crippen LogP contribution in [0.25, 0.3) is 22.0 Å². The van der Waals surface area contributed by atoms with Crippen molar-refractivity contribution < 1.29 is 14.3 Å². The molecule has 0 spiro atoms. The van der Waals surface area contributed by atoms with Crippen LogP contribution in [0.4, 0.5) is 10.2 Å². The van der Waals surface area contributed by atoms with Crippen LogP contribution in [0, 0.1) is 5.82 Å². The number of rotatable bonds is 3. The van der Waals surface area contributed by atoms with Crippen molar-refractivity contribution in [2.24, 2.45) is 5.73 Å². The maximum Gasteiger partial charge on any atom is 0.239 e. The minimum atomic E-state index is -0.706. The number of phenols is 1. The van der Waals surface area contributed by atoms with Gasteiger partial charge < -0.3 is 16.6 Å². The molecule has 5 N–H and O–H groups in total. The summed E-state index contributed by atoms with van der Waals surface area (Å²) in [5, 5.41) is 14.6. The van der Waals surface area contributed by atoms with Gasteiger partial charge >= 0.3 is 0 Å². The SMILES string of the molecule is NC(=O)Cn1nc(N)c2ccc(-c3cccc(F)c3O)cc21. The smallest absolute Gasteiger partial charge is 0.239 e. The number of amides is 1. The fraction of sp³-hybridized carbons (Fsp3) is 0.0667. The predicted octanol–water partition coefficient (Wildman–Crippen LogP) is 1.62. The quantitative estimate of drug-likeness (QED) is 0.683. The molecule has 1 amide bonds. The van der Waals surface area contributed by atoms with Crippen molar-refractivity contribution in [1.29, 1.82) is 0 Å². The second-order valence-corrected chi connectivity index (χ2v) is 4.88. The highest BCUT2D eigenvalue weighted by Gasteiger charge is 2.13. The van der Waals surface area contributed by atoms with Gasteiger partial charge in [0.2, 0.25) is 5.91 Å². The van der Waals surface area contributed by atoms with Gasteiger partial charge in [-0.1, -0.05) is 18.2 Å². The highest BCUT2D eigenvalue weighted by atomic mass is 19.1. The lowest BCUT2D eigenvalue weighted by molar-refractivity contribution is -0.118. The molecule has 22 heavy (non-hydrogen) atoms. The molecule has 3 aromatic rings. The summed E-state index contributed by atoms with van der Waals surface area (Å²) < 4.78 is 14.9. The first kappa shape index (κ1) is 13.9. The van der Waals surface area contributed by atoms with Crippen molar-refractivity contribution in [3.8, 4) is 16.9 Å². The fourth-order valence-electron chi connectivity index (χ4n) is 2.38. The molecule has 0 aliphatic rings. The first-order chi connectivity index (χ1) is 10.5. The first-order valence-corrected chi connectivity index (χ1v) is 6.49. The third-order valence-corrected chi connectivity index (χ3v) is 3.38. The van der Waals surface area contributed by atoms with Gasteiger partial charge in [-0.25, -0.2) is 4.39 Å². The number of hydrogen-bond acceptors (Lipinski definition) is 4. The number of primary amides is 1. The zero-order valence-electron chi connectivity index (χ0n) is 11.5. The van der Waals surface area contributed by atoms with Crippen molar-refractivity contribution in [2.45, 2.75) is 6.54 Å². The van der Waals surface area contributed by atoms with Gasteiger partial charge in [0.25, 0.3) is 0 Å². The van der Waals surface area contributed by atoms with Crippen molar-refractivity contribution in [3.05, 3.63) is 42.2 Å². The number of fused-ring (bicyclic) bond motifs is 1. The number of nitrogens with zero attached hydrogens (tertiary/aromatic N) is 2. The van der Waals surface area contributed by atoms with Crippen molar-refractivity contribution in [2.75, 3.05) is 5.73 Å². The van der Waals surface area contributed by atoms with E-state index in [2.05, 4.69) is 5.10 Å². The number of halogens is 1. The average Bonchev–Trinajstić information content (AvgIpc) is 2.77. The van der Waals surface area contributed by atoms with E-state index in [1.165, 1.54) is 16.8 Å². The predicted molar refractivity (Wildman–Crippen MR) is 80.4 cm³/mol. The van der Waals surface area contributed by atoms with Crippen LogP contribution >= 0.6 is 0 Å². The van der Waals surface area contributed by atoms with Gasteiger partial charge in [-0.15, -0.1) is 0 Å². The highest BCUT2D eigenvalue weighted by Crippen LogP contribution is 2.33. The van der Waals surface area contributed by atoms with Crippen LogP contribution in [0.3, 0.4) is 0 Å². The van der Waals surface area contributed by atoms with Crippen LogP contribution in [-0.4, -0.2) is 20.8 Å². The lowest BCUT2D eigenvalue weighted by Crippen LogP contribution is -2.19. The molecule has 0 saturated carbocycles. The number of phenolic OH excluding ortho intramolecular Hbond substituents is 1. The van der Waals surface area contributed by atoms with Crippen molar-refractivity contribution >= 4 is 22.6 Å². The molecule has 1 heterocycles. The van der Waals surface area contributed by atoms with E-state index in [0.29, 0.717) is 22.0 Å². The van der Waals surface area contributed by atoms with Gasteiger partial charge in [0.1, 0.15) is 6.54 Å². The zero-order valence-corrected chi connectivity index (χ0v) is 11.5. The minimum absolute atomic E-state index is 0.119. The molecule has 0 aliphatic carbocycles. The van der Waals surface area contributed by atoms with Crippen LogP contribution < -0.4 is 11.5 Å². The van der Waals surface area contributed by atoms with Crippen LogP contribution in [0.15, 0.2) is 36.4 Å². The summed E-state index contributed by atoms with van der Waals surface area (Å²) in [4.78, 5) is 11.1. The second kappa shape index (κ2) is 5.03. The van der Waals surface area contributed by atoms with Crippen LogP contribution in [0.2, 0.25) is 0 Å². The molecule has 0 unspecified atom stereocenters. The number of hydrogen-bond donors (Lipinski definition) is 3. The van der Waals surface area contributed by atoms with Gasteiger partial charge in [-0.3, -0.25) is 9.48 Å². The van der Waals surface area contributed by atoms with E-state index in [9.17, 15) is 14.3 Å². The highest BCUT2D eigenvalue weighted by molar-refractivity contribution is 5.93. The molecule has 0 saturated heterocycles. The standard InChI is InChI=1S/C15H13FN4O2/c16-11-3-1-2-9(14(11)22)8-4-5-10-12(6-8)20(7-13(17)21)19-15(10)18/h1-6,22H,7H2,(H2,17,21)(H2,18,19). The van der Waals surface area contributed by atoms with Gasteiger partial charge in [-0.2, -0.15) is 5.10 Å².